The van der Waals surface area contributed by atoms with E-state index in [2.05, 4.69) is 34.5 Å². The molecule has 2 aromatic rings. The van der Waals surface area contributed by atoms with Crippen molar-refractivity contribution in [2.24, 2.45) is 0 Å². The normalized spacial score (nSPS) is 21.5. The summed E-state index contributed by atoms with van der Waals surface area (Å²) in [6.07, 6.45) is 4.70. The van der Waals surface area contributed by atoms with Gasteiger partial charge < -0.3 is 15.0 Å². The number of benzene rings is 2. The summed E-state index contributed by atoms with van der Waals surface area (Å²) >= 11 is 0. The topological polar surface area (TPSA) is 61.9 Å². The monoisotopic (exact) mass is 469 g/mol. The van der Waals surface area contributed by atoms with Gasteiger partial charge in [0, 0.05) is 6.54 Å². The van der Waals surface area contributed by atoms with Crippen molar-refractivity contribution in [3.8, 4) is 0 Å². The van der Waals surface area contributed by atoms with Gasteiger partial charge in [0.1, 0.15) is 12.6 Å². The number of ether oxygens (including phenoxy) is 1. The van der Waals surface area contributed by atoms with E-state index in [9.17, 15) is 18.4 Å². The maximum Gasteiger partial charge on any atom is 0.418 e. The molecule has 0 saturated carbocycles. The van der Waals surface area contributed by atoms with Gasteiger partial charge in [-0.25, -0.2) is 23.3 Å². The van der Waals surface area contributed by atoms with Crippen LogP contribution in [0.15, 0.2) is 42.5 Å². The van der Waals surface area contributed by atoms with Crippen molar-refractivity contribution in [3.63, 3.8) is 0 Å². The number of rotatable bonds is 5. The Labute approximate surface area is 197 Å². The number of urea groups is 1. The van der Waals surface area contributed by atoms with E-state index in [0.29, 0.717) is 17.5 Å². The second kappa shape index (κ2) is 9.33. The van der Waals surface area contributed by atoms with Crippen molar-refractivity contribution < 1.29 is 23.1 Å². The summed E-state index contributed by atoms with van der Waals surface area (Å²) in [7, 11) is 0. The molecule has 0 aromatic heterocycles. The summed E-state index contributed by atoms with van der Waals surface area (Å²) in [6.45, 7) is 3.28. The van der Waals surface area contributed by atoms with Gasteiger partial charge in [-0.15, -0.1) is 0 Å². The van der Waals surface area contributed by atoms with E-state index in [4.69, 9.17) is 4.74 Å². The van der Waals surface area contributed by atoms with Gasteiger partial charge in [-0.1, -0.05) is 30.3 Å². The largest absolute Gasteiger partial charge is 0.446 e. The minimum Gasteiger partial charge on any atom is -0.446 e. The molecule has 1 atom stereocenters. The molecule has 5 rings (SSSR count). The fraction of sp³-hybridized carbons (Fsp3) is 0.462. The molecule has 3 aliphatic rings. The lowest BCUT2D eigenvalue weighted by molar-refractivity contribution is 0.154. The van der Waals surface area contributed by atoms with Gasteiger partial charge in [0.05, 0.1) is 0 Å². The molecular formula is C26H29F2N3O3. The lowest BCUT2D eigenvalue weighted by atomic mass is 9.74. The first kappa shape index (κ1) is 22.8. The summed E-state index contributed by atoms with van der Waals surface area (Å²) in [5, 5.41) is 2.77. The molecule has 180 valence electrons. The van der Waals surface area contributed by atoms with Gasteiger partial charge in [-0.3, -0.25) is 0 Å². The maximum absolute atomic E-state index is 13.6. The summed E-state index contributed by atoms with van der Waals surface area (Å²) in [5.41, 5.74) is 3.68. The Bertz CT molecular complexity index is 1080. The van der Waals surface area contributed by atoms with E-state index in [1.807, 2.05) is 0 Å². The zero-order valence-electron chi connectivity index (χ0n) is 19.1. The van der Waals surface area contributed by atoms with Gasteiger partial charge in [-0.05, 0) is 86.0 Å². The summed E-state index contributed by atoms with van der Waals surface area (Å²) in [5.74, 6) is -2.01. The first-order valence-corrected chi connectivity index (χ1v) is 12.0. The number of aryl methyl sites for hydroxylation is 1. The number of nitrogens with zero attached hydrogens (tertiary/aromatic N) is 2. The first-order chi connectivity index (χ1) is 16.5. The second-order valence-corrected chi connectivity index (χ2v) is 9.50. The lowest BCUT2D eigenvalue weighted by Gasteiger charge is -2.40. The highest BCUT2D eigenvalue weighted by Gasteiger charge is 2.41. The Kier molecular flexibility index (Phi) is 6.25. The number of halogens is 2. The van der Waals surface area contributed by atoms with Crippen LogP contribution in [-0.2, 0) is 16.6 Å². The number of hydrogen-bond donors (Lipinski definition) is 1. The van der Waals surface area contributed by atoms with Crippen molar-refractivity contribution in [2.45, 2.75) is 43.6 Å². The Morgan fingerprint density at radius 1 is 1.09 bits per heavy atom. The molecule has 2 aromatic carbocycles. The van der Waals surface area contributed by atoms with Crippen LogP contribution in [-0.4, -0.2) is 54.7 Å². The van der Waals surface area contributed by atoms with Gasteiger partial charge in [-0.2, -0.15) is 0 Å². The lowest BCUT2D eigenvalue weighted by Crippen LogP contribution is -2.44. The van der Waals surface area contributed by atoms with Crippen molar-refractivity contribution in [1.82, 2.24) is 15.1 Å². The zero-order valence-corrected chi connectivity index (χ0v) is 19.1. The van der Waals surface area contributed by atoms with Crippen molar-refractivity contribution in [1.29, 1.82) is 0 Å². The molecule has 2 heterocycles. The van der Waals surface area contributed by atoms with Gasteiger partial charge in [0.2, 0.25) is 0 Å². The smallest absolute Gasteiger partial charge is 0.418 e. The summed E-state index contributed by atoms with van der Waals surface area (Å²) < 4.78 is 31.9. The fourth-order valence-corrected chi connectivity index (χ4v) is 5.68. The number of imide groups is 1. The van der Waals surface area contributed by atoms with Crippen molar-refractivity contribution >= 4 is 12.1 Å². The molecule has 1 spiro atoms. The Hall–Kier alpha value is -3.00. The molecule has 8 heteroatoms. The number of carbonyl (C=O) groups is 2. The molecule has 0 radical (unpaired) electrons. The predicted molar refractivity (Wildman–Crippen MR) is 122 cm³/mol. The molecular weight excluding hydrogens is 440 g/mol. The van der Waals surface area contributed by atoms with Crippen LogP contribution in [0.5, 0.6) is 0 Å². The highest BCUT2D eigenvalue weighted by Crippen LogP contribution is 2.46. The van der Waals surface area contributed by atoms with Crippen molar-refractivity contribution in [3.05, 3.63) is 70.8 Å². The highest BCUT2D eigenvalue weighted by molar-refractivity contribution is 5.92. The predicted octanol–water partition coefficient (Wildman–Crippen LogP) is 4.54. The van der Waals surface area contributed by atoms with Gasteiger partial charge >= 0.3 is 12.1 Å². The molecule has 2 aliphatic heterocycles. The number of nitrogens with one attached hydrogen (secondary N) is 1. The van der Waals surface area contributed by atoms with Crippen LogP contribution in [0.4, 0.5) is 18.4 Å². The van der Waals surface area contributed by atoms with E-state index >= 15 is 0 Å². The van der Waals surface area contributed by atoms with E-state index in [-0.39, 0.29) is 6.61 Å². The molecule has 34 heavy (non-hydrogen) atoms. The van der Waals surface area contributed by atoms with Gasteiger partial charge in [0.25, 0.3) is 0 Å². The van der Waals surface area contributed by atoms with Crippen LogP contribution in [0.1, 0.15) is 48.4 Å². The average molecular weight is 470 g/mol. The molecule has 1 N–H and O–H groups in total. The van der Waals surface area contributed by atoms with Crippen LogP contribution >= 0.6 is 0 Å². The Balaban J connectivity index is 1.09. The molecule has 6 nitrogen and oxygen atoms in total. The minimum absolute atomic E-state index is 0.0873. The fourth-order valence-electron chi connectivity index (χ4n) is 5.68. The van der Waals surface area contributed by atoms with Crippen LogP contribution in [0.3, 0.4) is 0 Å². The third-order valence-corrected chi connectivity index (χ3v) is 7.62. The molecule has 3 amide bonds. The summed E-state index contributed by atoms with van der Waals surface area (Å²) in [4.78, 5) is 28.1. The molecule has 2 saturated heterocycles. The Morgan fingerprint density at radius 2 is 1.88 bits per heavy atom. The molecule has 1 aliphatic carbocycles. The molecule has 1 unspecified atom stereocenters. The number of fused-ring (bicyclic) bond motifs is 2. The van der Waals surface area contributed by atoms with Crippen molar-refractivity contribution in [2.75, 3.05) is 32.8 Å². The number of cyclic esters (lactones) is 1. The van der Waals surface area contributed by atoms with Crippen LogP contribution in [0, 0.1) is 11.6 Å². The maximum atomic E-state index is 13.6. The highest BCUT2D eigenvalue weighted by atomic mass is 19.2. The third-order valence-electron chi connectivity index (χ3n) is 7.62. The number of likely N-dealkylation sites (tertiary alicyclic amines) is 1. The van der Waals surface area contributed by atoms with E-state index in [1.165, 1.54) is 30.0 Å². The molecule has 0 bridgehead atoms. The van der Waals surface area contributed by atoms with Crippen LogP contribution in [0.2, 0.25) is 0 Å². The number of piperidine rings is 1. The average Bonchev–Trinajstić information content (AvgIpc) is 3.41. The number of amides is 3. The number of hydrogen-bond acceptors (Lipinski definition) is 4. The van der Waals surface area contributed by atoms with E-state index in [0.717, 1.165) is 55.9 Å². The quantitative estimate of drug-likeness (QED) is 0.654. The van der Waals surface area contributed by atoms with E-state index in [1.54, 1.807) is 0 Å². The first-order valence-electron chi connectivity index (χ1n) is 12.0. The van der Waals surface area contributed by atoms with Gasteiger partial charge in [0.15, 0.2) is 11.6 Å². The summed E-state index contributed by atoms with van der Waals surface area (Å²) in [6, 6.07) is 10.8. The standard InChI is InChI=1S/C26H29F2N3O3/c27-21-7-6-19(16-22(21)28)23-17-34-25(33)31(23)24(32)29-12-3-13-30-14-10-26(11-15-30)9-8-18-4-1-2-5-20(18)26/h1-2,4-7,16,23H,3,8-15,17H2,(H,29,32). The zero-order chi connectivity index (χ0) is 23.7. The van der Waals surface area contributed by atoms with Crippen LogP contribution < -0.4 is 5.32 Å². The second-order valence-electron chi connectivity index (χ2n) is 9.50. The molecule has 2 fully saturated rings. The third kappa shape index (κ3) is 4.27. The van der Waals surface area contributed by atoms with E-state index < -0.39 is 29.8 Å². The Morgan fingerprint density at radius 3 is 2.68 bits per heavy atom. The van der Waals surface area contributed by atoms with Crippen LogP contribution in [0.25, 0.3) is 0 Å². The number of carbonyl (C=O) groups excluding carboxylic acids is 2. The minimum atomic E-state index is -1.03. The SMILES string of the molecule is O=C(NCCCN1CCC2(CCc3ccccc32)CC1)N1C(=O)OCC1c1ccc(F)c(F)c1.